The fourth-order valence-corrected chi connectivity index (χ4v) is 1.98. The largest absolute Gasteiger partial charge is 0.385 e. The van der Waals surface area contributed by atoms with E-state index in [9.17, 15) is 14.0 Å². The molecule has 0 heterocycles. The normalized spacial score (nSPS) is 10.3. The Morgan fingerprint density at radius 1 is 1.32 bits per heavy atom. The van der Waals surface area contributed by atoms with Crippen LogP contribution in [-0.2, 0) is 20.7 Å². The van der Waals surface area contributed by atoms with E-state index in [0.717, 1.165) is 6.42 Å². The van der Waals surface area contributed by atoms with Crippen LogP contribution in [0.1, 0.15) is 18.9 Å². The smallest absolute Gasteiger partial charge is 0.239 e. The average molecular weight is 310 g/mol. The number of methoxy groups -OCH3 is 1. The zero-order valence-electron chi connectivity index (χ0n) is 13.1. The molecule has 0 aliphatic heterocycles. The third-order valence-corrected chi connectivity index (χ3v) is 3.24. The molecule has 1 aromatic carbocycles. The molecule has 2 amide bonds. The number of carbonyl (C=O) groups excluding carboxylic acids is 2. The van der Waals surface area contributed by atoms with E-state index < -0.39 is 0 Å². The number of hydrogen-bond acceptors (Lipinski definition) is 3. The number of rotatable bonds is 9. The minimum Gasteiger partial charge on any atom is -0.385 e. The van der Waals surface area contributed by atoms with Crippen LogP contribution in [0, 0.1) is 5.82 Å². The van der Waals surface area contributed by atoms with E-state index in [4.69, 9.17) is 4.74 Å². The molecule has 22 heavy (non-hydrogen) atoms. The quantitative estimate of drug-likeness (QED) is 0.701. The predicted octanol–water partition coefficient (Wildman–Crippen LogP) is 1.37. The first kappa shape index (κ1) is 18.1. The number of nitrogens with zero attached hydrogens (tertiary/aromatic N) is 1. The lowest BCUT2D eigenvalue weighted by Crippen LogP contribution is -2.41. The van der Waals surface area contributed by atoms with E-state index in [0.29, 0.717) is 31.7 Å². The maximum absolute atomic E-state index is 13.5. The maximum Gasteiger partial charge on any atom is 0.239 e. The fraction of sp³-hybridized carbons (Fsp3) is 0.500. The Balaban J connectivity index is 2.43. The average Bonchev–Trinajstić information content (AvgIpc) is 2.49. The number of halogens is 1. The van der Waals surface area contributed by atoms with Crippen LogP contribution in [0.15, 0.2) is 24.3 Å². The molecule has 1 aromatic rings. The van der Waals surface area contributed by atoms with E-state index in [1.54, 1.807) is 25.3 Å². The molecular weight excluding hydrogens is 287 g/mol. The van der Waals surface area contributed by atoms with Crippen molar-refractivity contribution in [2.24, 2.45) is 0 Å². The van der Waals surface area contributed by atoms with Crippen LogP contribution < -0.4 is 5.32 Å². The molecule has 6 heteroatoms. The van der Waals surface area contributed by atoms with Gasteiger partial charge < -0.3 is 15.0 Å². The number of hydrogen-bond donors (Lipinski definition) is 1. The maximum atomic E-state index is 13.5. The van der Waals surface area contributed by atoms with Crippen molar-refractivity contribution in [3.05, 3.63) is 35.6 Å². The highest BCUT2D eigenvalue weighted by Crippen LogP contribution is 2.08. The van der Waals surface area contributed by atoms with Gasteiger partial charge in [0.2, 0.25) is 11.8 Å². The Bertz CT molecular complexity index is 494. The third kappa shape index (κ3) is 6.67. The Morgan fingerprint density at radius 3 is 2.68 bits per heavy atom. The van der Waals surface area contributed by atoms with Gasteiger partial charge in [-0.2, -0.15) is 0 Å². The first-order chi connectivity index (χ1) is 10.5. The van der Waals surface area contributed by atoms with Crippen LogP contribution in [0.5, 0.6) is 0 Å². The van der Waals surface area contributed by atoms with Gasteiger partial charge in [-0.05, 0) is 24.5 Å². The highest BCUT2D eigenvalue weighted by molar-refractivity contribution is 5.83. The lowest BCUT2D eigenvalue weighted by atomic mass is 10.1. The second-order valence-electron chi connectivity index (χ2n) is 4.98. The van der Waals surface area contributed by atoms with Crippen molar-refractivity contribution in [3.63, 3.8) is 0 Å². The lowest BCUT2D eigenvalue weighted by molar-refractivity contribution is -0.134. The minimum absolute atomic E-state index is 0.0171. The highest BCUT2D eigenvalue weighted by atomic mass is 19.1. The van der Waals surface area contributed by atoms with Gasteiger partial charge in [0.15, 0.2) is 0 Å². The molecule has 0 saturated heterocycles. The molecule has 122 valence electrons. The SMILES string of the molecule is COCCCNC(=O)CN(CCc1ccccc1F)C(C)=O. The minimum atomic E-state index is -0.296. The van der Waals surface area contributed by atoms with Gasteiger partial charge in [0.25, 0.3) is 0 Å². The molecule has 0 atom stereocenters. The summed E-state index contributed by atoms with van der Waals surface area (Å²) >= 11 is 0. The summed E-state index contributed by atoms with van der Waals surface area (Å²) in [5, 5.41) is 2.73. The molecule has 0 aliphatic rings. The Morgan fingerprint density at radius 2 is 2.05 bits per heavy atom. The van der Waals surface area contributed by atoms with Crippen LogP contribution in [-0.4, -0.2) is 50.1 Å². The van der Waals surface area contributed by atoms with Crippen molar-refractivity contribution in [2.45, 2.75) is 19.8 Å². The van der Waals surface area contributed by atoms with Gasteiger partial charge >= 0.3 is 0 Å². The van der Waals surface area contributed by atoms with E-state index in [1.807, 2.05) is 0 Å². The van der Waals surface area contributed by atoms with Gasteiger partial charge in [0.1, 0.15) is 5.82 Å². The van der Waals surface area contributed by atoms with Crippen molar-refractivity contribution < 1.29 is 18.7 Å². The Kier molecular flexibility index (Phi) is 8.14. The molecule has 0 fully saturated rings. The molecule has 1 rings (SSSR count). The summed E-state index contributed by atoms with van der Waals surface area (Å²) in [6.45, 7) is 2.77. The number of amides is 2. The first-order valence-electron chi connectivity index (χ1n) is 7.29. The van der Waals surface area contributed by atoms with Crippen molar-refractivity contribution >= 4 is 11.8 Å². The summed E-state index contributed by atoms with van der Waals surface area (Å²) in [5.41, 5.74) is 0.536. The third-order valence-electron chi connectivity index (χ3n) is 3.24. The summed E-state index contributed by atoms with van der Waals surface area (Å²) in [4.78, 5) is 24.8. The number of nitrogens with one attached hydrogen (secondary N) is 1. The second-order valence-corrected chi connectivity index (χ2v) is 4.98. The molecule has 1 N–H and O–H groups in total. The summed E-state index contributed by atoms with van der Waals surface area (Å²) in [6.07, 6.45) is 1.10. The van der Waals surface area contributed by atoms with Crippen LogP contribution in [0.4, 0.5) is 4.39 Å². The molecule has 0 radical (unpaired) electrons. The van der Waals surface area contributed by atoms with Crippen molar-refractivity contribution in [3.8, 4) is 0 Å². The van der Waals surface area contributed by atoms with E-state index in [-0.39, 0.29) is 24.2 Å². The molecular formula is C16H23FN2O3. The van der Waals surface area contributed by atoms with Gasteiger partial charge in [-0.25, -0.2) is 4.39 Å². The summed E-state index contributed by atoms with van der Waals surface area (Å²) in [7, 11) is 1.60. The van der Waals surface area contributed by atoms with Gasteiger partial charge in [-0.3, -0.25) is 9.59 Å². The zero-order chi connectivity index (χ0) is 16.4. The monoisotopic (exact) mass is 310 g/mol. The van der Waals surface area contributed by atoms with E-state index >= 15 is 0 Å². The van der Waals surface area contributed by atoms with Crippen LogP contribution in [0.25, 0.3) is 0 Å². The number of benzene rings is 1. The number of carbonyl (C=O) groups is 2. The van der Waals surface area contributed by atoms with E-state index in [2.05, 4.69) is 5.32 Å². The zero-order valence-corrected chi connectivity index (χ0v) is 13.1. The lowest BCUT2D eigenvalue weighted by Gasteiger charge is -2.20. The highest BCUT2D eigenvalue weighted by Gasteiger charge is 2.14. The summed E-state index contributed by atoms with van der Waals surface area (Å²) < 4.78 is 18.4. The molecule has 0 unspecified atom stereocenters. The van der Waals surface area contributed by atoms with Crippen molar-refractivity contribution in [1.29, 1.82) is 0 Å². The molecule has 0 spiro atoms. The van der Waals surface area contributed by atoms with Gasteiger partial charge in [-0.1, -0.05) is 18.2 Å². The topological polar surface area (TPSA) is 58.6 Å². The Labute approximate surface area is 130 Å². The molecule has 5 nitrogen and oxygen atoms in total. The standard InChI is InChI=1S/C16H23FN2O3/c1-13(20)19(12-16(21)18-9-5-11-22-2)10-8-14-6-3-4-7-15(14)17/h3-4,6-7H,5,8-12H2,1-2H3,(H,18,21). The first-order valence-corrected chi connectivity index (χ1v) is 7.29. The van der Waals surface area contributed by atoms with Crippen LogP contribution in [0.3, 0.4) is 0 Å². The van der Waals surface area contributed by atoms with Gasteiger partial charge in [-0.15, -0.1) is 0 Å². The Hall–Kier alpha value is -1.95. The van der Waals surface area contributed by atoms with Gasteiger partial charge in [0, 0.05) is 33.7 Å². The van der Waals surface area contributed by atoms with Crippen molar-refractivity contribution in [2.75, 3.05) is 33.4 Å². The van der Waals surface area contributed by atoms with Crippen LogP contribution in [0.2, 0.25) is 0 Å². The predicted molar refractivity (Wildman–Crippen MR) is 81.9 cm³/mol. The molecule has 0 bridgehead atoms. The van der Waals surface area contributed by atoms with Crippen molar-refractivity contribution in [1.82, 2.24) is 10.2 Å². The second kappa shape index (κ2) is 9.89. The number of ether oxygens (including phenoxy) is 1. The van der Waals surface area contributed by atoms with Gasteiger partial charge in [0.05, 0.1) is 6.54 Å². The molecule has 0 saturated carbocycles. The fourth-order valence-electron chi connectivity index (χ4n) is 1.98. The summed E-state index contributed by atoms with van der Waals surface area (Å²) in [6, 6.07) is 6.43. The molecule has 0 aliphatic carbocycles. The van der Waals surface area contributed by atoms with Crippen LogP contribution >= 0.6 is 0 Å². The molecule has 0 aromatic heterocycles. The van der Waals surface area contributed by atoms with E-state index in [1.165, 1.54) is 17.9 Å². The summed E-state index contributed by atoms with van der Waals surface area (Å²) in [5.74, 6) is -0.724.